The molecule has 2 unspecified atom stereocenters. The van der Waals surface area contributed by atoms with Crippen LogP contribution in [-0.4, -0.2) is 35.8 Å². The average Bonchev–Trinajstić information content (AvgIpc) is 2.67. The zero-order valence-corrected chi connectivity index (χ0v) is 16.6. The normalized spacial score (nSPS) is 18.8. The molecule has 1 aliphatic rings. The van der Waals surface area contributed by atoms with Crippen LogP contribution in [0.3, 0.4) is 0 Å². The topological polar surface area (TPSA) is 105 Å². The average molecular weight is 394 g/mol. The minimum absolute atomic E-state index is 0.0692. The Bertz CT molecular complexity index is 901. The first kappa shape index (κ1) is 20.4. The van der Waals surface area contributed by atoms with E-state index in [1.54, 1.807) is 48.5 Å². The summed E-state index contributed by atoms with van der Waals surface area (Å²) >= 11 is 0. The van der Waals surface area contributed by atoms with Gasteiger partial charge in [0.05, 0.1) is 11.3 Å². The van der Waals surface area contributed by atoms with Crippen LogP contribution in [0.15, 0.2) is 48.5 Å². The molecule has 152 valence electrons. The third kappa shape index (κ3) is 5.13. The molecule has 1 fully saturated rings. The Morgan fingerprint density at radius 3 is 2.17 bits per heavy atom. The molecular weight excluding hydrogens is 368 g/mol. The molecule has 0 aliphatic carbocycles. The summed E-state index contributed by atoms with van der Waals surface area (Å²) in [5.74, 6) is 0.505. The van der Waals surface area contributed by atoms with Crippen molar-refractivity contribution in [2.75, 3.05) is 23.7 Å². The summed E-state index contributed by atoms with van der Waals surface area (Å²) in [6, 6.07) is 12.7. The number of amides is 4. The van der Waals surface area contributed by atoms with Gasteiger partial charge in [-0.3, -0.25) is 9.59 Å². The van der Waals surface area contributed by atoms with Crippen molar-refractivity contribution in [1.29, 1.82) is 0 Å². The van der Waals surface area contributed by atoms with Gasteiger partial charge in [-0.15, -0.1) is 0 Å². The van der Waals surface area contributed by atoms with Crippen LogP contribution < -0.4 is 16.4 Å². The number of carbonyl (C=O) groups is 3. The number of piperidine rings is 1. The highest BCUT2D eigenvalue weighted by molar-refractivity contribution is 6.09. The van der Waals surface area contributed by atoms with Crippen molar-refractivity contribution in [3.8, 4) is 0 Å². The zero-order chi connectivity index (χ0) is 21.0. The quantitative estimate of drug-likeness (QED) is 0.738. The van der Waals surface area contributed by atoms with Crippen LogP contribution in [0.5, 0.6) is 0 Å². The van der Waals surface area contributed by atoms with Gasteiger partial charge in [0, 0.05) is 24.3 Å². The Hall–Kier alpha value is -3.35. The molecule has 1 saturated heterocycles. The van der Waals surface area contributed by atoms with Gasteiger partial charge >= 0.3 is 6.03 Å². The van der Waals surface area contributed by atoms with E-state index in [2.05, 4.69) is 24.5 Å². The van der Waals surface area contributed by atoms with Crippen LogP contribution >= 0.6 is 0 Å². The zero-order valence-electron chi connectivity index (χ0n) is 16.6. The Balaban J connectivity index is 1.75. The second-order valence-corrected chi connectivity index (χ2v) is 7.72. The Labute approximate surface area is 170 Å². The van der Waals surface area contributed by atoms with E-state index < -0.39 is 6.03 Å². The SMILES string of the molecule is CC1CC(C)CN(C(=O)c2ccccc2NC(=O)c2ccc(NC(N)=O)cc2)C1. The van der Waals surface area contributed by atoms with Gasteiger partial charge in [-0.1, -0.05) is 26.0 Å². The Kier molecular flexibility index (Phi) is 6.16. The number of carbonyl (C=O) groups excluding carboxylic acids is 3. The first-order valence-electron chi connectivity index (χ1n) is 9.69. The van der Waals surface area contributed by atoms with E-state index in [-0.39, 0.29) is 11.8 Å². The van der Waals surface area contributed by atoms with Gasteiger partial charge < -0.3 is 21.3 Å². The molecule has 4 amide bonds. The number of urea groups is 1. The molecule has 0 saturated carbocycles. The molecule has 0 aromatic heterocycles. The summed E-state index contributed by atoms with van der Waals surface area (Å²) in [5, 5.41) is 5.28. The fourth-order valence-electron chi connectivity index (χ4n) is 3.82. The number of rotatable bonds is 4. The largest absolute Gasteiger partial charge is 0.351 e. The first-order valence-corrected chi connectivity index (χ1v) is 9.69. The second kappa shape index (κ2) is 8.77. The second-order valence-electron chi connectivity index (χ2n) is 7.72. The van der Waals surface area contributed by atoms with Gasteiger partial charge in [0.1, 0.15) is 0 Å². The lowest BCUT2D eigenvalue weighted by molar-refractivity contribution is 0.0624. The minimum Gasteiger partial charge on any atom is -0.351 e. The maximum absolute atomic E-state index is 13.1. The number of para-hydroxylation sites is 1. The lowest BCUT2D eigenvalue weighted by Gasteiger charge is -2.35. The van der Waals surface area contributed by atoms with Crippen LogP contribution in [0.2, 0.25) is 0 Å². The van der Waals surface area contributed by atoms with Gasteiger partial charge in [-0.2, -0.15) is 0 Å². The molecule has 1 aliphatic heterocycles. The fraction of sp³-hybridized carbons (Fsp3) is 0.318. The van der Waals surface area contributed by atoms with Crippen LogP contribution in [0, 0.1) is 11.8 Å². The summed E-state index contributed by atoms with van der Waals surface area (Å²) < 4.78 is 0. The number of nitrogens with one attached hydrogen (secondary N) is 2. The van der Waals surface area contributed by atoms with Gasteiger partial charge in [-0.05, 0) is 54.7 Å². The van der Waals surface area contributed by atoms with Crippen molar-refractivity contribution in [3.05, 3.63) is 59.7 Å². The van der Waals surface area contributed by atoms with E-state index in [1.165, 1.54) is 0 Å². The summed E-state index contributed by atoms with van der Waals surface area (Å²) in [7, 11) is 0. The van der Waals surface area contributed by atoms with Crippen molar-refractivity contribution in [1.82, 2.24) is 4.90 Å². The van der Waals surface area contributed by atoms with Crippen LogP contribution in [-0.2, 0) is 0 Å². The van der Waals surface area contributed by atoms with Gasteiger partial charge in [-0.25, -0.2) is 4.79 Å². The predicted molar refractivity (Wildman–Crippen MR) is 113 cm³/mol. The van der Waals surface area contributed by atoms with Crippen LogP contribution in [0.25, 0.3) is 0 Å². The first-order chi connectivity index (χ1) is 13.8. The highest BCUT2D eigenvalue weighted by Crippen LogP contribution is 2.25. The van der Waals surface area contributed by atoms with E-state index in [9.17, 15) is 14.4 Å². The van der Waals surface area contributed by atoms with Gasteiger partial charge in [0.15, 0.2) is 0 Å². The van der Waals surface area contributed by atoms with Crippen LogP contribution in [0.4, 0.5) is 16.2 Å². The predicted octanol–water partition coefficient (Wildman–Crippen LogP) is 3.55. The fourth-order valence-corrected chi connectivity index (χ4v) is 3.82. The monoisotopic (exact) mass is 394 g/mol. The lowest BCUT2D eigenvalue weighted by atomic mass is 9.91. The highest BCUT2D eigenvalue weighted by atomic mass is 16.2. The van der Waals surface area contributed by atoms with Crippen molar-refractivity contribution in [2.24, 2.45) is 17.6 Å². The molecular formula is C22H26N4O3. The minimum atomic E-state index is -0.670. The number of nitrogens with two attached hydrogens (primary N) is 1. The summed E-state index contributed by atoms with van der Waals surface area (Å²) in [6.45, 7) is 5.75. The van der Waals surface area contributed by atoms with E-state index in [1.807, 2.05) is 4.90 Å². The summed E-state index contributed by atoms with van der Waals surface area (Å²) in [4.78, 5) is 38.5. The smallest absolute Gasteiger partial charge is 0.316 e. The molecule has 7 nitrogen and oxygen atoms in total. The molecule has 3 rings (SSSR count). The molecule has 2 aromatic carbocycles. The molecule has 0 radical (unpaired) electrons. The van der Waals surface area contributed by atoms with Crippen LogP contribution in [0.1, 0.15) is 41.0 Å². The number of anilines is 2. The lowest BCUT2D eigenvalue weighted by Crippen LogP contribution is -2.42. The van der Waals surface area contributed by atoms with Crippen molar-refractivity contribution >= 4 is 29.2 Å². The molecule has 4 N–H and O–H groups in total. The molecule has 2 atom stereocenters. The Morgan fingerprint density at radius 2 is 1.55 bits per heavy atom. The van der Waals surface area contributed by atoms with Crippen molar-refractivity contribution < 1.29 is 14.4 Å². The molecule has 0 spiro atoms. The molecule has 0 bridgehead atoms. The number of likely N-dealkylation sites (tertiary alicyclic amines) is 1. The maximum atomic E-state index is 13.1. The van der Waals surface area contributed by atoms with E-state index in [0.29, 0.717) is 34.3 Å². The molecule has 1 heterocycles. The third-order valence-electron chi connectivity index (χ3n) is 4.98. The summed E-state index contributed by atoms with van der Waals surface area (Å²) in [5.41, 5.74) is 6.95. The third-order valence-corrected chi connectivity index (χ3v) is 4.98. The van der Waals surface area contributed by atoms with Crippen molar-refractivity contribution in [3.63, 3.8) is 0 Å². The number of benzene rings is 2. The van der Waals surface area contributed by atoms with Gasteiger partial charge in [0.2, 0.25) is 0 Å². The maximum Gasteiger partial charge on any atom is 0.316 e. The number of hydrogen-bond acceptors (Lipinski definition) is 3. The van der Waals surface area contributed by atoms with E-state index >= 15 is 0 Å². The van der Waals surface area contributed by atoms with Gasteiger partial charge in [0.25, 0.3) is 11.8 Å². The van der Waals surface area contributed by atoms with Crippen molar-refractivity contribution in [2.45, 2.75) is 20.3 Å². The highest BCUT2D eigenvalue weighted by Gasteiger charge is 2.27. The molecule has 7 heteroatoms. The number of hydrogen-bond donors (Lipinski definition) is 3. The number of nitrogens with zero attached hydrogens (tertiary/aromatic N) is 1. The van der Waals surface area contributed by atoms with E-state index in [4.69, 9.17) is 5.73 Å². The Morgan fingerprint density at radius 1 is 0.931 bits per heavy atom. The molecule has 2 aromatic rings. The standard InChI is InChI=1S/C22H26N4O3/c1-14-11-15(2)13-26(12-14)21(28)18-5-3-4-6-19(18)25-20(27)16-7-9-17(10-8-16)24-22(23)29/h3-10,14-15H,11-13H2,1-2H3,(H,25,27)(H3,23,24,29). The number of primary amides is 1. The molecule has 29 heavy (non-hydrogen) atoms. The summed E-state index contributed by atoms with van der Waals surface area (Å²) in [6.07, 6.45) is 1.11. The van der Waals surface area contributed by atoms with E-state index in [0.717, 1.165) is 19.5 Å².